The number of aliphatic carboxylic acids is 1. The molecule has 0 aliphatic carbocycles. The highest BCUT2D eigenvalue weighted by Gasteiger charge is 2.40. The maximum Gasteiger partial charge on any atom is 0.332 e. The van der Waals surface area contributed by atoms with E-state index in [0.29, 0.717) is 5.70 Å². The Morgan fingerprint density at radius 2 is 2.00 bits per heavy atom. The van der Waals surface area contributed by atoms with Gasteiger partial charge in [-0.1, -0.05) is 6.08 Å². The number of imide groups is 1. The molecule has 0 unspecified atom stereocenters. The number of amides is 4. The summed E-state index contributed by atoms with van der Waals surface area (Å²) in [4.78, 5) is 37.2. The number of nitrogens with one attached hydrogen (secondary N) is 1. The number of hydrogen-bond acceptors (Lipinski definition) is 4. The summed E-state index contributed by atoms with van der Waals surface area (Å²) in [6.07, 6.45) is 1.60. The summed E-state index contributed by atoms with van der Waals surface area (Å²) < 4.78 is 0. The Labute approximate surface area is 116 Å². The maximum atomic E-state index is 12.1. The first-order valence-corrected chi connectivity index (χ1v) is 6.05. The Hall–Kier alpha value is -2.09. The van der Waals surface area contributed by atoms with E-state index in [4.69, 9.17) is 5.11 Å². The summed E-state index contributed by atoms with van der Waals surface area (Å²) in [5, 5.41) is 21.0. The molecule has 0 aromatic rings. The predicted octanol–water partition coefficient (Wildman–Crippen LogP) is 0.191. The first kappa shape index (κ1) is 16.0. The largest absolute Gasteiger partial charge is 0.480 e. The van der Waals surface area contributed by atoms with Gasteiger partial charge in [0.05, 0.1) is 12.1 Å². The van der Waals surface area contributed by atoms with Gasteiger partial charge in [0.2, 0.25) is 0 Å². The molecule has 0 spiro atoms. The summed E-state index contributed by atoms with van der Waals surface area (Å²) in [6, 6.07) is -2.94. The van der Waals surface area contributed by atoms with Gasteiger partial charge in [-0.15, -0.1) is 0 Å². The smallest absolute Gasteiger partial charge is 0.332 e. The van der Waals surface area contributed by atoms with Gasteiger partial charge in [-0.05, 0) is 20.8 Å². The van der Waals surface area contributed by atoms with Crippen LogP contribution in [-0.4, -0.2) is 63.3 Å². The van der Waals surface area contributed by atoms with E-state index in [0.717, 1.165) is 4.90 Å². The van der Waals surface area contributed by atoms with Gasteiger partial charge in [0.25, 0.3) is 0 Å². The molecular formula is C12H19N3O5. The molecule has 1 aliphatic rings. The summed E-state index contributed by atoms with van der Waals surface area (Å²) >= 11 is 0. The minimum absolute atomic E-state index is 0.267. The fourth-order valence-corrected chi connectivity index (χ4v) is 1.84. The molecule has 1 heterocycles. The van der Waals surface area contributed by atoms with E-state index in [1.165, 1.54) is 25.8 Å². The van der Waals surface area contributed by atoms with Crippen LogP contribution in [0.1, 0.15) is 20.8 Å². The van der Waals surface area contributed by atoms with Crippen LogP contribution >= 0.6 is 0 Å². The van der Waals surface area contributed by atoms with Crippen molar-refractivity contribution in [1.29, 1.82) is 0 Å². The van der Waals surface area contributed by atoms with Gasteiger partial charge in [0, 0.05) is 12.7 Å². The maximum absolute atomic E-state index is 12.1. The minimum Gasteiger partial charge on any atom is -0.480 e. The highest BCUT2D eigenvalue weighted by Crippen LogP contribution is 2.19. The highest BCUT2D eigenvalue weighted by molar-refractivity contribution is 5.99. The SMILES string of the molecule is C/C=C1\CN(C)C(=O)N1C(=O)N[C@H](C(=O)O)C(C)(C)O. The number of nitrogens with zero attached hydrogens (tertiary/aromatic N) is 2. The van der Waals surface area contributed by atoms with Crippen molar-refractivity contribution in [3.05, 3.63) is 11.8 Å². The Bertz CT molecular complexity index is 466. The monoisotopic (exact) mass is 285 g/mol. The lowest BCUT2D eigenvalue weighted by atomic mass is 9.99. The zero-order chi connectivity index (χ0) is 15.7. The molecule has 1 atom stereocenters. The number of carbonyl (C=O) groups excluding carboxylic acids is 2. The highest BCUT2D eigenvalue weighted by atomic mass is 16.4. The first-order chi connectivity index (χ1) is 9.09. The van der Waals surface area contributed by atoms with E-state index in [1.807, 2.05) is 0 Å². The molecule has 20 heavy (non-hydrogen) atoms. The average molecular weight is 285 g/mol. The number of urea groups is 2. The van der Waals surface area contributed by atoms with E-state index >= 15 is 0 Å². The average Bonchev–Trinajstić information content (AvgIpc) is 2.60. The van der Waals surface area contributed by atoms with Crippen molar-refractivity contribution in [3.63, 3.8) is 0 Å². The summed E-state index contributed by atoms with van der Waals surface area (Å²) in [7, 11) is 1.53. The van der Waals surface area contributed by atoms with Crippen molar-refractivity contribution in [2.45, 2.75) is 32.4 Å². The van der Waals surface area contributed by atoms with E-state index in [2.05, 4.69) is 5.32 Å². The molecule has 0 radical (unpaired) electrons. The minimum atomic E-state index is -1.66. The normalized spacial score (nSPS) is 19.4. The van der Waals surface area contributed by atoms with Crippen LogP contribution in [0.15, 0.2) is 11.8 Å². The van der Waals surface area contributed by atoms with Gasteiger partial charge < -0.3 is 20.4 Å². The number of rotatable bonds is 3. The standard InChI is InChI=1S/C12H19N3O5/c1-5-7-6-14(4)11(19)15(7)10(18)13-8(9(16)17)12(2,3)20/h5,8,20H,6H2,1-4H3,(H,13,18)(H,16,17)/b7-5+/t8-/m1/s1. The van der Waals surface area contributed by atoms with Crippen molar-refractivity contribution in [2.24, 2.45) is 0 Å². The molecule has 8 nitrogen and oxygen atoms in total. The van der Waals surface area contributed by atoms with E-state index in [1.54, 1.807) is 13.0 Å². The van der Waals surface area contributed by atoms with Crippen LogP contribution in [0.25, 0.3) is 0 Å². The number of carbonyl (C=O) groups is 3. The van der Waals surface area contributed by atoms with Crippen molar-refractivity contribution >= 4 is 18.0 Å². The molecular weight excluding hydrogens is 266 g/mol. The van der Waals surface area contributed by atoms with Gasteiger partial charge in [0.15, 0.2) is 6.04 Å². The number of carboxylic acid groups (broad SMARTS) is 1. The van der Waals surface area contributed by atoms with Crippen LogP contribution in [0.5, 0.6) is 0 Å². The lowest BCUT2D eigenvalue weighted by Crippen LogP contribution is -2.57. The van der Waals surface area contributed by atoms with Gasteiger partial charge in [-0.25, -0.2) is 19.3 Å². The lowest BCUT2D eigenvalue weighted by molar-refractivity contribution is -0.145. The second-order valence-corrected chi connectivity index (χ2v) is 5.13. The zero-order valence-electron chi connectivity index (χ0n) is 11.9. The van der Waals surface area contributed by atoms with Crippen LogP contribution in [0, 0.1) is 0 Å². The van der Waals surface area contributed by atoms with Gasteiger partial charge in [-0.3, -0.25) is 0 Å². The van der Waals surface area contributed by atoms with Gasteiger partial charge >= 0.3 is 18.0 Å². The summed E-state index contributed by atoms with van der Waals surface area (Å²) in [5.41, 5.74) is -1.21. The molecule has 3 N–H and O–H groups in total. The summed E-state index contributed by atoms with van der Waals surface area (Å²) in [5.74, 6) is -1.38. The molecule has 0 bridgehead atoms. The van der Waals surface area contributed by atoms with Crippen molar-refractivity contribution in [1.82, 2.24) is 15.1 Å². The molecule has 112 valence electrons. The third-order valence-electron chi connectivity index (χ3n) is 2.96. The molecule has 0 saturated carbocycles. The molecule has 8 heteroatoms. The molecule has 1 rings (SSSR count). The van der Waals surface area contributed by atoms with E-state index < -0.39 is 29.7 Å². The van der Waals surface area contributed by atoms with Crippen molar-refractivity contribution in [2.75, 3.05) is 13.6 Å². The number of likely N-dealkylation sites (N-methyl/N-ethyl adjacent to an activating group) is 1. The van der Waals surface area contributed by atoms with Crippen LogP contribution < -0.4 is 5.32 Å². The van der Waals surface area contributed by atoms with Crippen LogP contribution in [-0.2, 0) is 4.79 Å². The number of allylic oxidation sites excluding steroid dienone is 1. The fourth-order valence-electron chi connectivity index (χ4n) is 1.84. The molecule has 1 fully saturated rings. The van der Waals surface area contributed by atoms with Crippen LogP contribution in [0.3, 0.4) is 0 Å². The quantitative estimate of drug-likeness (QED) is 0.685. The molecule has 1 saturated heterocycles. The van der Waals surface area contributed by atoms with E-state index in [-0.39, 0.29) is 6.54 Å². The second kappa shape index (κ2) is 5.49. The van der Waals surface area contributed by atoms with Crippen molar-refractivity contribution in [3.8, 4) is 0 Å². The molecule has 0 aromatic carbocycles. The Balaban J connectivity index is 2.95. The molecule has 0 aromatic heterocycles. The third kappa shape index (κ3) is 3.08. The predicted molar refractivity (Wildman–Crippen MR) is 69.9 cm³/mol. The number of aliphatic hydroxyl groups is 1. The fraction of sp³-hybridized carbons (Fsp3) is 0.583. The zero-order valence-corrected chi connectivity index (χ0v) is 11.9. The number of carboxylic acids is 1. The van der Waals surface area contributed by atoms with E-state index in [9.17, 15) is 19.5 Å². The second-order valence-electron chi connectivity index (χ2n) is 5.13. The first-order valence-electron chi connectivity index (χ1n) is 6.05. The Morgan fingerprint density at radius 3 is 2.40 bits per heavy atom. The Morgan fingerprint density at radius 1 is 1.45 bits per heavy atom. The van der Waals surface area contributed by atoms with Crippen molar-refractivity contribution < 1.29 is 24.6 Å². The van der Waals surface area contributed by atoms with Crippen LogP contribution in [0.4, 0.5) is 9.59 Å². The van der Waals surface area contributed by atoms with Gasteiger partial charge in [0.1, 0.15) is 0 Å². The Kier molecular flexibility index (Phi) is 4.39. The number of hydrogen-bond donors (Lipinski definition) is 3. The van der Waals surface area contributed by atoms with Crippen LogP contribution in [0.2, 0.25) is 0 Å². The summed E-state index contributed by atoms with van der Waals surface area (Å²) in [6.45, 7) is 4.47. The lowest BCUT2D eigenvalue weighted by Gasteiger charge is -2.28. The third-order valence-corrected chi connectivity index (χ3v) is 2.96. The molecule has 1 aliphatic heterocycles. The van der Waals surface area contributed by atoms with Gasteiger partial charge in [-0.2, -0.15) is 0 Å². The molecule has 4 amide bonds. The topological polar surface area (TPSA) is 110 Å².